The second-order valence-electron chi connectivity index (χ2n) is 9.53. The Bertz CT molecular complexity index is 1380. The maximum atomic E-state index is 2.43. The van der Waals surface area contributed by atoms with Crippen molar-refractivity contribution in [2.24, 2.45) is 0 Å². The predicted octanol–water partition coefficient (Wildman–Crippen LogP) is 9.11. The van der Waals surface area contributed by atoms with Gasteiger partial charge in [-0.2, -0.15) is 0 Å². The summed E-state index contributed by atoms with van der Waals surface area (Å²) in [6, 6.07) is 43.5. The monoisotopic (exact) mass is 427 g/mol. The smallest absolute Gasteiger partial charge is 0.0422 e. The van der Waals surface area contributed by atoms with E-state index in [9.17, 15) is 0 Å². The van der Waals surface area contributed by atoms with E-state index in [0.29, 0.717) is 0 Å². The van der Waals surface area contributed by atoms with Crippen molar-refractivity contribution in [1.29, 1.82) is 0 Å². The largest absolute Gasteiger partial charge is 0.336 e. The molecule has 0 aliphatic rings. The van der Waals surface area contributed by atoms with E-state index in [4.69, 9.17) is 0 Å². The molecule has 1 heteroatoms. The van der Waals surface area contributed by atoms with E-state index in [1.807, 2.05) is 0 Å². The number of nitrogens with zero attached hydrogens (tertiary/aromatic N) is 1. The topological polar surface area (TPSA) is 3.24 Å². The Morgan fingerprint density at radius 2 is 0.939 bits per heavy atom. The van der Waals surface area contributed by atoms with Gasteiger partial charge in [0.25, 0.3) is 0 Å². The summed E-state index contributed by atoms with van der Waals surface area (Å²) < 4.78 is 0. The first-order valence-corrected chi connectivity index (χ1v) is 11.5. The molecule has 33 heavy (non-hydrogen) atoms. The van der Waals surface area contributed by atoms with Gasteiger partial charge in [0.2, 0.25) is 0 Å². The molecular formula is C32H29N. The van der Waals surface area contributed by atoms with Crippen LogP contribution in [0.2, 0.25) is 0 Å². The Kier molecular flexibility index (Phi) is 5.48. The highest BCUT2D eigenvalue weighted by atomic mass is 15.2. The van der Waals surface area contributed by atoms with E-state index in [0.717, 1.165) is 0 Å². The average molecular weight is 428 g/mol. The van der Waals surface area contributed by atoms with Crippen molar-refractivity contribution in [3.8, 4) is 22.3 Å². The Morgan fingerprint density at radius 3 is 1.58 bits per heavy atom. The first kappa shape index (κ1) is 21.0. The van der Waals surface area contributed by atoms with Gasteiger partial charge in [0.05, 0.1) is 0 Å². The average Bonchev–Trinajstić information content (AvgIpc) is 2.84. The zero-order valence-corrected chi connectivity index (χ0v) is 19.5. The van der Waals surface area contributed by atoms with Crippen LogP contribution in [0.5, 0.6) is 0 Å². The maximum Gasteiger partial charge on any atom is 0.0422 e. The van der Waals surface area contributed by atoms with Crippen LogP contribution < -0.4 is 4.90 Å². The molecule has 5 aromatic rings. The molecule has 0 bridgehead atoms. The Labute approximate surface area is 197 Å². The van der Waals surface area contributed by atoms with Crippen LogP contribution in [-0.4, -0.2) is 5.54 Å². The van der Waals surface area contributed by atoms with Gasteiger partial charge in [-0.1, -0.05) is 91.0 Å². The van der Waals surface area contributed by atoms with Crippen molar-refractivity contribution in [3.63, 3.8) is 0 Å². The Morgan fingerprint density at radius 1 is 0.424 bits per heavy atom. The number of hydrogen-bond donors (Lipinski definition) is 0. The summed E-state index contributed by atoms with van der Waals surface area (Å²) >= 11 is 0. The summed E-state index contributed by atoms with van der Waals surface area (Å²) in [6.45, 7) is 6.81. The molecule has 5 rings (SSSR count). The zero-order valence-electron chi connectivity index (χ0n) is 19.5. The third kappa shape index (κ3) is 4.40. The summed E-state index contributed by atoms with van der Waals surface area (Å²) in [5.74, 6) is 0. The number of rotatable bonds is 4. The van der Waals surface area contributed by atoms with E-state index < -0.39 is 0 Å². The second-order valence-corrected chi connectivity index (χ2v) is 9.53. The highest BCUT2D eigenvalue weighted by molar-refractivity contribution is 5.91. The first-order chi connectivity index (χ1) is 16.0. The molecule has 162 valence electrons. The Hall–Kier alpha value is -3.84. The minimum atomic E-state index is -0.0764. The number of fused-ring (bicyclic) bond motifs is 1. The second kappa shape index (κ2) is 8.60. The van der Waals surface area contributed by atoms with E-state index >= 15 is 0 Å². The summed E-state index contributed by atoms with van der Waals surface area (Å²) in [7, 11) is 0. The molecule has 0 saturated heterocycles. The molecule has 5 aromatic carbocycles. The molecule has 0 spiro atoms. The van der Waals surface area contributed by atoms with Gasteiger partial charge in [-0.25, -0.2) is 0 Å². The third-order valence-corrected chi connectivity index (χ3v) is 6.07. The van der Waals surface area contributed by atoms with E-state index in [1.54, 1.807) is 0 Å². The minimum Gasteiger partial charge on any atom is -0.336 e. The van der Waals surface area contributed by atoms with Gasteiger partial charge < -0.3 is 4.90 Å². The minimum absolute atomic E-state index is 0.0764. The van der Waals surface area contributed by atoms with Crippen LogP contribution in [0.4, 0.5) is 11.4 Å². The van der Waals surface area contributed by atoms with Crippen LogP contribution >= 0.6 is 0 Å². The van der Waals surface area contributed by atoms with Crippen molar-refractivity contribution in [1.82, 2.24) is 0 Å². The van der Waals surface area contributed by atoms with E-state index in [-0.39, 0.29) is 5.54 Å². The summed E-state index contributed by atoms with van der Waals surface area (Å²) in [4.78, 5) is 2.43. The van der Waals surface area contributed by atoms with Gasteiger partial charge in [-0.3, -0.25) is 0 Å². The molecule has 0 aliphatic heterocycles. The van der Waals surface area contributed by atoms with Crippen LogP contribution in [-0.2, 0) is 0 Å². The highest BCUT2D eigenvalue weighted by Gasteiger charge is 2.24. The molecule has 0 N–H and O–H groups in total. The third-order valence-electron chi connectivity index (χ3n) is 6.07. The lowest BCUT2D eigenvalue weighted by atomic mass is 9.98. The molecule has 0 heterocycles. The van der Waals surface area contributed by atoms with Crippen LogP contribution in [0, 0.1) is 0 Å². The quantitative estimate of drug-likeness (QED) is 0.276. The molecule has 0 atom stereocenters. The van der Waals surface area contributed by atoms with Gasteiger partial charge in [0.15, 0.2) is 0 Å². The van der Waals surface area contributed by atoms with Gasteiger partial charge in [0, 0.05) is 16.9 Å². The predicted molar refractivity (Wildman–Crippen MR) is 143 cm³/mol. The number of benzene rings is 5. The lowest BCUT2D eigenvalue weighted by Crippen LogP contribution is -2.37. The standard InChI is InChI=1S/C32H29N/c1-32(2,3)33(30-16-10-15-26(22-30)24-11-6-4-7-12-24)31-20-19-28-21-27(17-18-29(28)23-31)25-13-8-5-9-14-25/h4-23H,1-3H3. The summed E-state index contributed by atoms with van der Waals surface area (Å²) in [6.07, 6.45) is 0. The van der Waals surface area contributed by atoms with Crippen LogP contribution in [0.15, 0.2) is 121 Å². The highest BCUT2D eigenvalue weighted by Crippen LogP contribution is 2.37. The lowest BCUT2D eigenvalue weighted by molar-refractivity contribution is 0.560. The van der Waals surface area contributed by atoms with E-state index in [2.05, 4.69) is 147 Å². The van der Waals surface area contributed by atoms with Crippen molar-refractivity contribution >= 4 is 22.1 Å². The van der Waals surface area contributed by atoms with Crippen LogP contribution in [0.3, 0.4) is 0 Å². The van der Waals surface area contributed by atoms with Crippen molar-refractivity contribution in [2.75, 3.05) is 4.90 Å². The fourth-order valence-corrected chi connectivity index (χ4v) is 4.56. The first-order valence-electron chi connectivity index (χ1n) is 11.5. The summed E-state index contributed by atoms with van der Waals surface area (Å²) in [5.41, 5.74) is 7.29. The van der Waals surface area contributed by atoms with Gasteiger partial charge >= 0.3 is 0 Å². The van der Waals surface area contributed by atoms with Gasteiger partial charge in [-0.05, 0) is 84.1 Å². The van der Waals surface area contributed by atoms with Crippen LogP contribution in [0.25, 0.3) is 33.0 Å². The molecule has 1 nitrogen and oxygen atoms in total. The van der Waals surface area contributed by atoms with Crippen LogP contribution in [0.1, 0.15) is 20.8 Å². The maximum absolute atomic E-state index is 2.43. The van der Waals surface area contributed by atoms with Gasteiger partial charge in [0.1, 0.15) is 0 Å². The summed E-state index contributed by atoms with van der Waals surface area (Å²) in [5, 5.41) is 2.51. The molecule has 0 aliphatic carbocycles. The number of anilines is 2. The molecular weight excluding hydrogens is 398 g/mol. The SMILES string of the molecule is CC(C)(C)N(c1cccc(-c2ccccc2)c1)c1ccc2cc(-c3ccccc3)ccc2c1. The zero-order chi connectivity index (χ0) is 22.8. The van der Waals surface area contributed by atoms with Crippen molar-refractivity contribution in [2.45, 2.75) is 26.3 Å². The normalized spacial score (nSPS) is 11.5. The lowest BCUT2D eigenvalue weighted by Gasteiger charge is -2.38. The molecule has 0 radical (unpaired) electrons. The van der Waals surface area contributed by atoms with Crippen molar-refractivity contribution in [3.05, 3.63) is 121 Å². The molecule has 0 saturated carbocycles. The fourth-order valence-electron chi connectivity index (χ4n) is 4.56. The van der Waals surface area contributed by atoms with E-state index in [1.165, 1.54) is 44.4 Å². The fraction of sp³-hybridized carbons (Fsp3) is 0.125. The van der Waals surface area contributed by atoms with Gasteiger partial charge in [-0.15, -0.1) is 0 Å². The molecule has 0 amide bonds. The number of hydrogen-bond acceptors (Lipinski definition) is 1. The molecule has 0 fully saturated rings. The molecule has 0 aromatic heterocycles. The molecule has 0 unspecified atom stereocenters. The Balaban J connectivity index is 1.57. The van der Waals surface area contributed by atoms with Crippen molar-refractivity contribution < 1.29 is 0 Å².